The Hall–Kier alpha value is -1.43. The van der Waals surface area contributed by atoms with Crippen molar-refractivity contribution in [3.63, 3.8) is 0 Å². The summed E-state index contributed by atoms with van der Waals surface area (Å²) in [6, 6.07) is 7.64. The first-order valence-corrected chi connectivity index (χ1v) is 9.93. The van der Waals surface area contributed by atoms with Crippen LogP contribution < -0.4 is 4.90 Å². The van der Waals surface area contributed by atoms with Crippen LogP contribution in [0.2, 0.25) is 0 Å². The molecule has 0 radical (unpaired) electrons. The number of carbonyl (C=O) groups excluding carboxylic acids is 2. The number of methoxy groups -OCH3 is 1. The molecule has 2 saturated carbocycles. The number of nitrogens with zero attached hydrogens (tertiary/aromatic N) is 1. The third-order valence-corrected chi connectivity index (χ3v) is 6.53. The highest BCUT2D eigenvalue weighted by Gasteiger charge is 2.59. The van der Waals surface area contributed by atoms with Crippen LogP contribution in [0, 0.1) is 10.8 Å². The molecule has 0 aromatic heterocycles. The summed E-state index contributed by atoms with van der Waals surface area (Å²) in [5.74, 6) is -0.174. The van der Waals surface area contributed by atoms with Gasteiger partial charge in [-0.3, -0.25) is 14.0 Å². The molecule has 0 N–H and O–H groups in total. The summed E-state index contributed by atoms with van der Waals surface area (Å²) in [6.07, 6.45) is 4.69. The number of anilines is 1. The molecule has 0 spiro atoms. The molecule has 0 aliphatic heterocycles. The highest BCUT2D eigenvalue weighted by molar-refractivity contribution is 9.10. The predicted octanol–water partition coefficient (Wildman–Crippen LogP) is 4.66. The Morgan fingerprint density at radius 3 is 2.62 bits per heavy atom. The second kappa shape index (κ2) is 7.67. The van der Waals surface area contributed by atoms with Crippen molar-refractivity contribution in [2.24, 2.45) is 10.8 Å². The van der Waals surface area contributed by atoms with E-state index < -0.39 is 6.67 Å². The summed E-state index contributed by atoms with van der Waals surface area (Å²) in [5, 5.41) is 0. The van der Waals surface area contributed by atoms with Gasteiger partial charge in [0.1, 0.15) is 0 Å². The molecule has 1 aromatic rings. The van der Waals surface area contributed by atoms with Crippen LogP contribution in [0.15, 0.2) is 28.7 Å². The number of benzene rings is 1. The lowest BCUT2D eigenvalue weighted by Crippen LogP contribution is -2.40. The fourth-order valence-electron chi connectivity index (χ4n) is 4.69. The number of halogens is 2. The van der Waals surface area contributed by atoms with Crippen molar-refractivity contribution in [1.82, 2.24) is 0 Å². The van der Waals surface area contributed by atoms with Crippen LogP contribution in [0.25, 0.3) is 0 Å². The lowest BCUT2D eigenvalue weighted by molar-refractivity contribution is -0.152. The van der Waals surface area contributed by atoms with Crippen LogP contribution in [-0.4, -0.2) is 32.2 Å². The maximum absolute atomic E-state index is 12.8. The fourth-order valence-corrected chi connectivity index (χ4v) is 5.08. The Morgan fingerprint density at radius 2 is 2.00 bits per heavy atom. The van der Waals surface area contributed by atoms with E-state index in [0.29, 0.717) is 6.54 Å². The number of alkyl halides is 1. The highest BCUT2D eigenvalue weighted by Crippen LogP contribution is 2.62. The Labute approximate surface area is 162 Å². The fraction of sp³-hybridized carbons (Fsp3) is 0.600. The van der Waals surface area contributed by atoms with Gasteiger partial charge in [-0.2, -0.15) is 0 Å². The minimum absolute atomic E-state index is 0.0537. The van der Waals surface area contributed by atoms with E-state index in [9.17, 15) is 14.0 Å². The molecule has 0 saturated heterocycles. The molecular formula is C20H25BrFNO3. The molecule has 26 heavy (non-hydrogen) atoms. The standard InChI is InChI=1S/C20H25BrFNO3/c1-26-18(25)20-9-7-19(13-20,8-10-20)14-23(17(24)6-3-11-22)16-5-2-4-15(21)12-16/h2,4-5,12H,3,6-11,13-14H2,1H3. The summed E-state index contributed by atoms with van der Waals surface area (Å²) in [4.78, 5) is 26.8. The van der Waals surface area contributed by atoms with E-state index >= 15 is 0 Å². The van der Waals surface area contributed by atoms with E-state index in [1.165, 1.54) is 7.11 Å². The first kappa shape index (κ1) is 19.3. The Bertz CT molecular complexity index is 685. The highest BCUT2D eigenvalue weighted by atomic mass is 79.9. The molecule has 0 heterocycles. The summed E-state index contributed by atoms with van der Waals surface area (Å²) >= 11 is 3.46. The van der Waals surface area contributed by atoms with Crippen LogP contribution in [0.4, 0.5) is 10.1 Å². The van der Waals surface area contributed by atoms with E-state index in [-0.39, 0.29) is 35.5 Å². The van der Waals surface area contributed by atoms with Crippen molar-refractivity contribution in [2.75, 3.05) is 25.2 Å². The van der Waals surface area contributed by atoms with E-state index in [1.54, 1.807) is 4.90 Å². The van der Waals surface area contributed by atoms with Gasteiger partial charge in [-0.05, 0) is 62.1 Å². The first-order valence-electron chi connectivity index (χ1n) is 9.14. The number of amides is 1. The van der Waals surface area contributed by atoms with Crippen LogP contribution in [0.1, 0.15) is 44.9 Å². The van der Waals surface area contributed by atoms with Gasteiger partial charge in [-0.15, -0.1) is 0 Å². The third kappa shape index (κ3) is 3.66. The van der Waals surface area contributed by atoms with Gasteiger partial charge in [0.2, 0.25) is 5.91 Å². The van der Waals surface area contributed by atoms with Crippen molar-refractivity contribution in [3.05, 3.63) is 28.7 Å². The second-order valence-corrected chi connectivity index (χ2v) is 8.62. The molecule has 0 unspecified atom stereocenters. The SMILES string of the molecule is COC(=O)C12CCC(CN(C(=O)CCCF)c3cccc(Br)c3)(CC1)C2. The molecule has 3 rings (SSSR count). The number of hydrogen-bond donors (Lipinski definition) is 0. The second-order valence-electron chi connectivity index (χ2n) is 7.70. The van der Waals surface area contributed by atoms with Gasteiger partial charge in [-0.1, -0.05) is 22.0 Å². The van der Waals surface area contributed by atoms with Crippen LogP contribution in [0.5, 0.6) is 0 Å². The number of carbonyl (C=O) groups is 2. The smallest absolute Gasteiger partial charge is 0.311 e. The molecule has 1 aromatic carbocycles. The molecule has 2 fully saturated rings. The summed E-state index contributed by atoms with van der Waals surface area (Å²) in [5.41, 5.74) is 0.391. The largest absolute Gasteiger partial charge is 0.469 e. The molecule has 4 nitrogen and oxygen atoms in total. The summed E-state index contributed by atoms with van der Waals surface area (Å²) in [7, 11) is 1.45. The average Bonchev–Trinajstić information content (AvgIpc) is 3.21. The van der Waals surface area contributed by atoms with Crippen molar-refractivity contribution >= 4 is 33.5 Å². The number of fused-ring (bicyclic) bond motifs is 2. The molecule has 2 bridgehead atoms. The molecule has 142 valence electrons. The molecule has 1 amide bonds. The van der Waals surface area contributed by atoms with E-state index in [1.807, 2.05) is 24.3 Å². The maximum Gasteiger partial charge on any atom is 0.311 e. The number of esters is 1. The van der Waals surface area contributed by atoms with Gasteiger partial charge >= 0.3 is 5.97 Å². The zero-order valence-corrected chi connectivity index (χ0v) is 16.7. The number of hydrogen-bond acceptors (Lipinski definition) is 3. The quantitative estimate of drug-likeness (QED) is 0.596. The van der Waals surface area contributed by atoms with Gasteiger partial charge in [0.15, 0.2) is 0 Å². The predicted molar refractivity (Wildman–Crippen MR) is 102 cm³/mol. The summed E-state index contributed by atoms with van der Waals surface area (Å²) < 4.78 is 18.5. The Kier molecular flexibility index (Phi) is 5.70. The van der Waals surface area contributed by atoms with Crippen molar-refractivity contribution in [3.8, 4) is 0 Å². The normalized spacial score (nSPS) is 26.7. The third-order valence-electron chi connectivity index (χ3n) is 6.04. The van der Waals surface area contributed by atoms with Gasteiger partial charge in [0, 0.05) is 23.1 Å². The Balaban J connectivity index is 1.83. The van der Waals surface area contributed by atoms with Crippen LogP contribution in [-0.2, 0) is 14.3 Å². The van der Waals surface area contributed by atoms with Crippen LogP contribution in [0.3, 0.4) is 0 Å². The molecule has 0 atom stereocenters. The van der Waals surface area contributed by atoms with Gasteiger partial charge < -0.3 is 9.64 Å². The average molecular weight is 426 g/mol. The minimum Gasteiger partial charge on any atom is -0.469 e. The number of rotatable bonds is 7. The maximum atomic E-state index is 12.8. The molecule has 6 heteroatoms. The Morgan fingerprint density at radius 1 is 1.27 bits per heavy atom. The van der Waals surface area contributed by atoms with Gasteiger partial charge in [0.25, 0.3) is 0 Å². The number of ether oxygens (including phenoxy) is 1. The first-order chi connectivity index (χ1) is 12.4. The minimum atomic E-state index is -0.491. The molecule has 2 aliphatic carbocycles. The van der Waals surface area contributed by atoms with E-state index in [4.69, 9.17) is 4.74 Å². The van der Waals surface area contributed by atoms with Gasteiger partial charge in [-0.25, -0.2) is 0 Å². The van der Waals surface area contributed by atoms with Crippen molar-refractivity contribution in [1.29, 1.82) is 0 Å². The molecule has 2 aliphatic rings. The lowest BCUT2D eigenvalue weighted by atomic mass is 9.81. The monoisotopic (exact) mass is 425 g/mol. The lowest BCUT2D eigenvalue weighted by Gasteiger charge is -2.34. The molecular weight excluding hydrogens is 401 g/mol. The van der Waals surface area contributed by atoms with Crippen LogP contribution >= 0.6 is 15.9 Å². The van der Waals surface area contributed by atoms with Crippen molar-refractivity contribution < 1.29 is 18.7 Å². The van der Waals surface area contributed by atoms with Crippen molar-refractivity contribution in [2.45, 2.75) is 44.9 Å². The zero-order chi connectivity index (χ0) is 18.8. The van der Waals surface area contributed by atoms with E-state index in [0.717, 1.165) is 42.3 Å². The zero-order valence-electron chi connectivity index (χ0n) is 15.1. The summed E-state index contributed by atoms with van der Waals surface area (Å²) in [6.45, 7) is 0.0853. The van der Waals surface area contributed by atoms with E-state index in [2.05, 4.69) is 15.9 Å². The van der Waals surface area contributed by atoms with Gasteiger partial charge in [0.05, 0.1) is 19.2 Å². The topological polar surface area (TPSA) is 46.6 Å².